The second-order valence-corrected chi connectivity index (χ2v) is 12.6. The smallest absolute Gasteiger partial charge is 0.348 e. The Morgan fingerprint density at radius 2 is 1.62 bits per heavy atom. The Labute approximate surface area is 225 Å². The second kappa shape index (κ2) is 11.3. The average Bonchev–Trinajstić information content (AvgIpc) is 2.86. The summed E-state index contributed by atoms with van der Waals surface area (Å²) >= 11 is 1.34. The minimum Gasteiger partial charge on any atom is -0.511 e. The molecular weight excluding hydrogens is 482 g/mol. The maximum atomic E-state index is 13.8. The number of aryl methyl sites for hydroxylation is 1. The van der Waals surface area contributed by atoms with Crippen molar-refractivity contribution in [1.29, 1.82) is 0 Å². The first-order valence-corrected chi connectivity index (χ1v) is 14.3. The van der Waals surface area contributed by atoms with Crippen LogP contribution in [0.4, 0.5) is 0 Å². The summed E-state index contributed by atoms with van der Waals surface area (Å²) in [7, 11) is 0. The monoisotopic (exact) mass is 521 g/mol. The van der Waals surface area contributed by atoms with Crippen molar-refractivity contribution < 1.29 is 19.4 Å². The van der Waals surface area contributed by atoms with Crippen molar-refractivity contribution in [3.05, 3.63) is 82.5 Å². The molecule has 5 nitrogen and oxygen atoms in total. The maximum Gasteiger partial charge on any atom is 0.348 e. The Morgan fingerprint density at radius 1 is 1.00 bits per heavy atom. The highest BCUT2D eigenvalue weighted by Gasteiger charge is 2.52. The van der Waals surface area contributed by atoms with Gasteiger partial charge in [0.05, 0.1) is 11.8 Å². The van der Waals surface area contributed by atoms with Crippen LogP contribution in [0.5, 0.6) is 0 Å². The fourth-order valence-electron chi connectivity index (χ4n) is 5.62. The number of carbonyl (C=O) groups excluding carboxylic acids is 2. The zero-order valence-corrected chi connectivity index (χ0v) is 23.0. The summed E-state index contributed by atoms with van der Waals surface area (Å²) in [6.45, 7) is 5.97. The predicted molar refractivity (Wildman–Crippen MR) is 149 cm³/mol. The molecule has 0 spiro atoms. The van der Waals surface area contributed by atoms with Gasteiger partial charge in [0.1, 0.15) is 16.3 Å². The third kappa shape index (κ3) is 6.59. The number of amides is 1. The largest absolute Gasteiger partial charge is 0.511 e. The Morgan fingerprint density at radius 3 is 2.22 bits per heavy atom. The zero-order chi connectivity index (χ0) is 26.5. The van der Waals surface area contributed by atoms with E-state index >= 15 is 0 Å². The Hall–Kier alpha value is -2.73. The molecule has 0 radical (unpaired) electrons. The fourth-order valence-corrected chi connectivity index (χ4v) is 6.56. The van der Waals surface area contributed by atoms with Crippen molar-refractivity contribution >= 4 is 23.6 Å². The molecule has 1 aliphatic heterocycles. The van der Waals surface area contributed by atoms with Gasteiger partial charge in [-0.15, -0.1) is 11.8 Å². The van der Waals surface area contributed by atoms with Gasteiger partial charge in [-0.1, -0.05) is 79.9 Å². The molecule has 2 N–H and O–H groups in total. The van der Waals surface area contributed by atoms with E-state index in [1.54, 1.807) is 0 Å². The lowest BCUT2D eigenvalue weighted by atomic mass is 9.64. The van der Waals surface area contributed by atoms with E-state index in [9.17, 15) is 14.7 Å². The minimum atomic E-state index is -1.10. The van der Waals surface area contributed by atoms with Gasteiger partial charge in [-0.3, -0.25) is 4.79 Å². The number of hydrogen-bond donors (Lipinski definition) is 2. The summed E-state index contributed by atoms with van der Waals surface area (Å²) in [6, 6.07) is 19.7. The van der Waals surface area contributed by atoms with Crippen molar-refractivity contribution in [1.82, 2.24) is 5.32 Å². The molecule has 1 amide bonds. The van der Waals surface area contributed by atoms with Gasteiger partial charge in [-0.25, -0.2) is 4.79 Å². The van der Waals surface area contributed by atoms with Crippen LogP contribution in [0.25, 0.3) is 0 Å². The van der Waals surface area contributed by atoms with E-state index in [4.69, 9.17) is 4.74 Å². The Kier molecular flexibility index (Phi) is 8.37. The highest BCUT2D eigenvalue weighted by atomic mass is 32.2. The van der Waals surface area contributed by atoms with Crippen LogP contribution in [0.2, 0.25) is 0 Å². The molecule has 1 unspecified atom stereocenters. The van der Waals surface area contributed by atoms with Crippen LogP contribution < -0.4 is 5.32 Å². The number of nitrogens with one attached hydrogen (secondary N) is 1. The lowest BCUT2D eigenvalue weighted by Crippen LogP contribution is -2.53. The normalized spacial score (nSPS) is 21.9. The van der Waals surface area contributed by atoms with Crippen LogP contribution in [0.1, 0.15) is 76.8 Å². The van der Waals surface area contributed by atoms with Gasteiger partial charge in [0.25, 0.3) is 0 Å². The van der Waals surface area contributed by atoms with Gasteiger partial charge < -0.3 is 15.2 Å². The molecule has 198 valence electrons. The molecule has 37 heavy (non-hydrogen) atoms. The van der Waals surface area contributed by atoms with Crippen LogP contribution in [0, 0.1) is 5.41 Å². The molecule has 1 atom stereocenters. The molecule has 2 aromatic carbocycles. The third-order valence-corrected chi connectivity index (χ3v) is 8.47. The highest BCUT2D eigenvalue weighted by Crippen LogP contribution is 2.52. The molecule has 1 saturated carbocycles. The van der Waals surface area contributed by atoms with Crippen LogP contribution in [0.3, 0.4) is 0 Å². The minimum absolute atomic E-state index is 0.0116. The number of benzene rings is 2. The number of cyclic esters (lactones) is 1. The molecule has 6 heteroatoms. The van der Waals surface area contributed by atoms with E-state index in [1.165, 1.54) is 17.3 Å². The SMILES string of the molecule is CC(C)(C)NC(=O)C1(CC2(c3ccccc3)CC(O)=C(SCCc3ccccc3)C(=O)O2)CCCCC1. The van der Waals surface area contributed by atoms with Crippen molar-refractivity contribution in [2.75, 3.05) is 5.75 Å². The Bertz CT molecular complexity index is 1120. The summed E-state index contributed by atoms with van der Waals surface area (Å²) in [5, 5.41) is 14.4. The van der Waals surface area contributed by atoms with Gasteiger partial charge in [-0.05, 0) is 51.2 Å². The first-order chi connectivity index (χ1) is 17.6. The highest BCUT2D eigenvalue weighted by molar-refractivity contribution is 8.04. The fraction of sp³-hybridized carbons (Fsp3) is 0.484. The lowest BCUT2D eigenvalue weighted by molar-refractivity contribution is -0.168. The number of esters is 1. The van der Waals surface area contributed by atoms with E-state index in [-0.39, 0.29) is 28.5 Å². The van der Waals surface area contributed by atoms with Crippen LogP contribution >= 0.6 is 11.8 Å². The van der Waals surface area contributed by atoms with Crippen LogP contribution in [-0.2, 0) is 26.3 Å². The topological polar surface area (TPSA) is 75.6 Å². The first kappa shape index (κ1) is 27.3. The molecule has 2 aromatic rings. The number of carbonyl (C=O) groups is 2. The summed E-state index contributed by atoms with van der Waals surface area (Å²) in [4.78, 5) is 27.5. The number of rotatable bonds is 8. The summed E-state index contributed by atoms with van der Waals surface area (Å²) in [5.41, 5.74) is -0.132. The molecular formula is C31H39NO4S. The standard InChI is InChI=1S/C31H39NO4S/c1-29(2,3)32-28(35)30(18-11-6-12-19-30)22-31(24-15-9-5-10-16-24)21-25(33)26(27(34)36-31)37-20-17-23-13-7-4-8-14-23/h4-5,7-10,13-16,33H,6,11-12,17-22H2,1-3H3,(H,32,35). The number of aliphatic hydroxyl groups is 1. The van der Waals surface area contributed by atoms with Gasteiger partial charge in [0, 0.05) is 17.7 Å². The van der Waals surface area contributed by atoms with E-state index < -0.39 is 17.0 Å². The summed E-state index contributed by atoms with van der Waals surface area (Å²) in [6.07, 6.45) is 5.79. The van der Waals surface area contributed by atoms with E-state index in [2.05, 4.69) is 17.4 Å². The van der Waals surface area contributed by atoms with Gasteiger partial charge in [0.2, 0.25) is 5.91 Å². The van der Waals surface area contributed by atoms with Gasteiger partial charge in [0.15, 0.2) is 0 Å². The summed E-state index contributed by atoms with van der Waals surface area (Å²) in [5.74, 6) is 0.222. The number of hydrogen-bond acceptors (Lipinski definition) is 5. The molecule has 4 rings (SSSR count). The first-order valence-electron chi connectivity index (χ1n) is 13.3. The maximum absolute atomic E-state index is 13.8. The van der Waals surface area contributed by atoms with E-state index in [0.717, 1.165) is 44.1 Å². The van der Waals surface area contributed by atoms with Crippen molar-refractivity contribution in [3.63, 3.8) is 0 Å². The predicted octanol–water partition coefficient (Wildman–Crippen LogP) is 6.83. The third-order valence-electron chi connectivity index (χ3n) is 7.37. The number of aliphatic hydroxyl groups excluding tert-OH is 1. The Balaban J connectivity index is 1.63. The quantitative estimate of drug-likeness (QED) is 0.373. The molecule has 1 heterocycles. The summed E-state index contributed by atoms with van der Waals surface area (Å²) < 4.78 is 6.30. The molecule has 0 bridgehead atoms. The van der Waals surface area contributed by atoms with Gasteiger partial charge in [-0.2, -0.15) is 0 Å². The zero-order valence-electron chi connectivity index (χ0n) is 22.2. The molecule has 1 fully saturated rings. The van der Waals surface area contributed by atoms with Crippen LogP contribution in [0.15, 0.2) is 71.3 Å². The van der Waals surface area contributed by atoms with E-state index in [1.807, 2.05) is 69.3 Å². The van der Waals surface area contributed by atoms with Crippen molar-refractivity contribution in [2.45, 2.75) is 83.3 Å². The van der Waals surface area contributed by atoms with Crippen molar-refractivity contribution in [2.24, 2.45) is 5.41 Å². The second-order valence-electron chi connectivity index (χ2n) is 11.5. The average molecular weight is 522 g/mol. The molecule has 0 saturated heterocycles. The number of ether oxygens (including phenoxy) is 1. The van der Waals surface area contributed by atoms with Crippen molar-refractivity contribution in [3.8, 4) is 0 Å². The van der Waals surface area contributed by atoms with E-state index in [0.29, 0.717) is 12.2 Å². The lowest BCUT2D eigenvalue weighted by Gasteiger charge is -2.46. The van der Waals surface area contributed by atoms with Crippen LogP contribution in [-0.4, -0.2) is 28.3 Å². The van der Waals surface area contributed by atoms with Gasteiger partial charge >= 0.3 is 5.97 Å². The molecule has 2 aliphatic rings. The number of thioether (sulfide) groups is 1. The molecule has 0 aromatic heterocycles. The molecule has 1 aliphatic carbocycles.